The van der Waals surface area contributed by atoms with Gasteiger partial charge in [-0.15, -0.1) is 0 Å². The maximum atomic E-state index is 11.0. The number of hydrogen-bond acceptors (Lipinski definition) is 6. The molecule has 0 unspecified atom stereocenters. The Labute approximate surface area is 138 Å². The minimum atomic E-state index is -0.392. The highest BCUT2D eigenvalue weighted by Gasteiger charge is 2.15. The van der Waals surface area contributed by atoms with Gasteiger partial charge in [-0.3, -0.25) is 10.0 Å². The van der Waals surface area contributed by atoms with Gasteiger partial charge in [-0.05, 0) is 26.9 Å². The van der Waals surface area contributed by atoms with Crippen LogP contribution in [0.2, 0.25) is 0 Å². The summed E-state index contributed by atoms with van der Waals surface area (Å²) in [6, 6.07) is 0. The molecule has 0 bridgehead atoms. The van der Waals surface area contributed by atoms with Gasteiger partial charge in [-0.2, -0.15) is 0 Å². The number of amides is 1. The van der Waals surface area contributed by atoms with Crippen molar-refractivity contribution in [1.82, 2.24) is 15.3 Å². The summed E-state index contributed by atoms with van der Waals surface area (Å²) in [5.41, 5.74) is 3.04. The standard InChI is InChI=1S/C8H13NO2.C7H12N2O2.CH4/c1-9-5-3-4-7(6-9)8(10)11-2;1-9-4-2-3-6(5-9)7(10)8-11;/h4H,3,5-6H2,1-2H3;3,11H,2,4-5H2,1H3,(H,8,10);1H4. The Morgan fingerprint density at radius 3 is 2.00 bits per heavy atom. The summed E-state index contributed by atoms with van der Waals surface area (Å²) in [6.07, 6.45) is 5.62. The van der Waals surface area contributed by atoms with E-state index in [1.807, 2.05) is 31.1 Å². The highest BCUT2D eigenvalue weighted by molar-refractivity contribution is 5.93. The van der Waals surface area contributed by atoms with Crippen molar-refractivity contribution in [2.45, 2.75) is 20.3 Å². The van der Waals surface area contributed by atoms with Crippen molar-refractivity contribution < 1.29 is 19.5 Å². The Balaban J connectivity index is 0.000000403. The van der Waals surface area contributed by atoms with E-state index in [0.29, 0.717) is 18.7 Å². The number of nitrogens with one attached hydrogen (secondary N) is 1. The monoisotopic (exact) mass is 327 g/mol. The van der Waals surface area contributed by atoms with Crippen molar-refractivity contribution in [2.75, 3.05) is 47.4 Å². The third-order valence-electron chi connectivity index (χ3n) is 3.52. The summed E-state index contributed by atoms with van der Waals surface area (Å²) in [6.45, 7) is 3.34. The lowest BCUT2D eigenvalue weighted by atomic mass is 10.1. The van der Waals surface area contributed by atoms with Gasteiger partial charge in [0.2, 0.25) is 0 Å². The maximum Gasteiger partial charge on any atom is 0.334 e. The number of methoxy groups -OCH3 is 1. The average molecular weight is 327 g/mol. The second-order valence-electron chi connectivity index (χ2n) is 5.44. The van der Waals surface area contributed by atoms with Gasteiger partial charge in [-0.1, -0.05) is 19.6 Å². The van der Waals surface area contributed by atoms with E-state index in [4.69, 9.17) is 5.21 Å². The smallest absolute Gasteiger partial charge is 0.334 e. The Kier molecular flexibility index (Phi) is 10.1. The van der Waals surface area contributed by atoms with Gasteiger partial charge in [0.15, 0.2) is 0 Å². The molecule has 2 aliphatic rings. The summed E-state index contributed by atoms with van der Waals surface area (Å²) in [5.74, 6) is -0.590. The first-order valence-electron chi connectivity index (χ1n) is 7.25. The minimum absolute atomic E-state index is 0. The highest BCUT2D eigenvalue weighted by atomic mass is 16.5. The van der Waals surface area contributed by atoms with Crippen molar-refractivity contribution in [3.8, 4) is 0 Å². The maximum absolute atomic E-state index is 11.0. The fourth-order valence-corrected chi connectivity index (χ4v) is 2.30. The van der Waals surface area contributed by atoms with E-state index in [1.165, 1.54) is 7.11 Å². The van der Waals surface area contributed by atoms with E-state index < -0.39 is 5.91 Å². The first-order chi connectivity index (χ1) is 10.5. The number of hydrogen-bond donors (Lipinski definition) is 2. The van der Waals surface area contributed by atoms with Crippen LogP contribution in [0.15, 0.2) is 23.3 Å². The fraction of sp³-hybridized carbons (Fsp3) is 0.625. The zero-order valence-corrected chi connectivity index (χ0v) is 13.5. The first kappa shape index (κ1) is 21.3. The van der Waals surface area contributed by atoms with E-state index in [-0.39, 0.29) is 13.4 Å². The van der Waals surface area contributed by atoms with Crippen LogP contribution in [0.1, 0.15) is 20.3 Å². The molecule has 0 saturated carbocycles. The van der Waals surface area contributed by atoms with Crippen LogP contribution < -0.4 is 5.48 Å². The van der Waals surface area contributed by atoms with E-state index >= 15 is 0 Å². The summed E-state index contributed by atoms with van der Waals surface area (Å²) in [7, 11) is 5.35. The molecule has 0 fully saturated rings. The molecule has 0 saturated heterocycles. The Morgan fingerprint density at radius 1 is 1.09 bits per heavy atom. The van der Waals surface area contributed by atoms with Crippen LogP contribution in [0, 0.1) is 0 Å². The molecule has 0 aromatic rings. The van der Waals surface area contributed by atoms with Gasteiger partial charge in [0, 0.05) is 37.3 Å². The number of carbonyl (C=O) groups excluding carboxylic acids is 2. The lowest BCUT2D eigenvalue weighted by Gasteiger charge is -2.21. The van der Waals surface area contributed by atoms with Gasteiger partial charge in [0.25, 0.3) is 5.91 Å². The third-order valence-corrected chi connectivity index (χ3v) is 3.52. The second kappa shape index (κ2) is 10.9. The topological polar surface area (TPSA) is 82.1 Å². The molecular weight excluding hydrogens is 298 g/mol. The molecule has 1 amide bonds. The number of nitrogens with zero attached hydrogens (tertiary/aromatic N) is 2. The predicted molar refractivity (Wildman–Crippen MR) is 89.1 cm³/mol. The molecule has 0 spiro atoms. The van der Waals surface area contributed by atoms with Crippen molar-refractivity contribution >= 4 is 11.9 Å². The summed E-state index contributed by atoms with van der Waals surface area (Å²) in [4.78, 5) is 26.0. The van der Waals surface area contributed by atoms with E-state index in [2.05, 4.69) is 9.64 Å². The minimum Gasteiger partial charge on any atom is -0.466 e. The van der Waals surface area contributed by atoms with E-state index in [9.17, 15) is 9.59 Å². The van der Waals surface area contributed by atoms with Crippen LogP contribution in [0.25, 0.3) is 0 Å². The zero-order valence-electron chi connectivity index (χ0n) is 13.5. The second-order valence-corrected chi connectivity index (χ2v) is 5.44. The van der Waals surface area contributed by atoms with Crippen molar-refractivity contribution in [1.29, 1.82) is 0 Å². The van der Waals surface area contributed by atoms with Gasteiger partial charge < -0.3 is 14.5 Å². The molecule has 2 rings (SSSR count). The lowest BCUT2D eigenvalue weighted by Crippen LogP contribution is -2.32. The van der Waals surface area contributed by atoms with Crippen molar-refractivity contribution in [3.05, 3.63) is 23.3 Å². The molecule has 7 heteroatoms. The fourth-order valence-electron chi connectivity index (χ4n) is 2.30. The van der Waals surface area contributed by atoms with Crippen LogP contribution in [0.3, 0.4) is 0 Å². The number of rotatable bonds is 2. The van der Waals surface area contributed by atoms with Gasteiger partial charge in [0.1, 0.15) is 0 Å². The molecule has 2 aliphatic heterocycles. The first-order valence-corrected chi connectivity index (χ1v) is 7.25. The Hall–Kier alpha value is -1.70. The number of ether oxygens (including phenoxy) is 1. The van der Waals surface area contributed by atoms with Gasteiger partial charge >= 0.3 is 5.97 Å². The van der Waals surface area contributed by atoms with Crippen LogP contribution in [-0.2, 0) is 14.3 Å². The molecule has 23 heavy (non-hydrogen) atoms. The molecule has 2 heterocycles. The van der Waals surface area contributed by atoms with Crippen molar-refractivity contribution in [2.24, 2.45) is 0 Å². The summed E-state index contributed by atoms with van der Waals surface area (Å²) < 4.78 is 4.60. The molecule has 0 radical (unpaired) electrons. The number of likely N-dealkylation sites (N-methyl/N-ethyl adjacent to an activating group) is 2. The average Bonchev–Trinajstić information content (AvgIpc) is 2.54. The van der Waals surface area contributed by atoms with Gasteiger partial charge in [-0.25, -0.2) is 10.3 Å². The molecular formula is C16H29N3O4. The summed E-state index contributed by atoms with van der Waals surface area (Å²) in [5, 5.41) is 8.31. The molecule has 0 aromatic heterocycles. The highest BCUT2D eigenvalue weighted by Crippen LogP contribution is 2.08. The number of carbonyl (C=O) groups is 2. The number of esters is 1. The number of hydroxylamine groups is 1. The normalized spacial score (nSPS) is 18.4. The quantitative estimate of drug-likeness (QED) is 0.444. The molecule has 0 atom stereocenters. The summed E-state index contributed by atoms with van der Waals surface area (Å²) >= 11 is 0. The largest absolute Gasteiger partial charge is 0.466 e. The Morgan fingerprint density at radius 2 is 1.57 bits per heavy atom. The third kappa shape index (κ3) is 7.40. The molecule has 2 N–H and O–H groups in total. The van der Waals surface area contributed by atoms with Crippen molar-refractivity contribution in [3.63, 3.8) is 0 Å². The molecule has 0 aromatic carbocycles. The van der Waals surface area contributed by atoms with Crippen LogP contribution >= 0.6 is 0 Å². The predicted octanol–water partition coefficient (Wildman–Crippen LogP) is 0.811. The van der Waals surface area contributed by atoms with Crippen LogP contribution in [-0.4, -0.2) is 74.3 Å². The van der Waals surface area contributed by atoms with Crippen LogP contribution in [0.5, 0.6) is 0 Å². The zero-order chi connectivity index (χ0) is 16.5. The SMILES string of the molecule is C.CN1CCC=C(C(=O)NO)C1.COC(=O)C1=CCCN(C)C1. The molecule has 0 aliphatic carbocycles. The van der Waals surface area contributed by atoms with Crippen LogP contribution in [0.4, 0.5) is 0 Å². The Bertz CT molecular complexity index is 418. The molecule has 7 nitrogen and oxygen atoms in total. The molecule has 132 valence electrons. The lowest BCUT2D eigenvalue weighted by molar-refractivity contribution is -0.136. The van der Waals surface area contributed by atoms with E-state index in [1.54, 1.807) is 5.48 Å². The van der Waals surface area contributed by atoms with E-state index in [0.717, 1.165) is 31.5 Å². The van der Waals surface area contributed by atoms with Gasteiger partial charge in [0.05, 0.1) is 7.11 Å².